The van der Waals surface area contributed by atoms with Crippen LogP contribution in [0.5, 0.6) is 0 Å². The molecule has 1 aromatic carbocycles. The molecule has 1 fully saturated rings. The van der Waals surface area contributed by atoms with Crippen molar-refractivity contribution >= 4 is 29.9 Å². The summed E-state index contributed by atoms with van der Waals surface area (Å²) in [5.74, 6) is 1.65. The molecule has 1 saturated heterocycles. The van der Waals surface area contributed by atoms with Crippen LogP contribution in [-0.2, 0) is 6.54 Å². The van der Waals surface area contributed by atoms with Crippen molar-refractivity contribution in [3.05, 3.63) is 36.2 Å². The number of likely N-dealkylation sites (tertiary alicyclic amines) is 1. The third-order valence-corrected chi connectivity index (χ3v) is 4.79. The molecule has 7 nitrogen and oxygen atoms in total. The largest absolute Gasteiger partial charge is 0.357 e. The van der Waals surface area contributed by atoms with Gasteiger partial charge in [0.15, 0.2) is 11.8 Å². The Morgan fingerprint density at radius 1 is 1.33 bits per heavy atom. The topological polar surface area (TPSA) is 81.2 Å². The van der Waals surface area contributed by atoms with Gasteiger partial charge in [-0.25, -0.2) is 9.98 Å². The summed E-state index contributed by atoms with van der Waals surface area (Å²) >= 11 is 0. The van der Waals surface area contributed by atoms with Gasteiger partial charge in [0.2, 0.25) is 0 Å². The quantitative estimate of drug-likeness (QED) is 0.321. The van der Waals surface area contributed by atoms with Crippen LogP contribution in [0.1, 0.15) is 32.3 Å². The number of halogens is 1. The monoisotopic (exact) mass is 483 g/mol. The zero-order valence-electron chi connectivity index (χ0n) is 16.1. The fraction of sp³-hybridized carbons (Fsp3) is 0.526. The van der Waals surface area contributed by atoms with E-state index in [0.29, 0.717) is 12.6 Å². The molecule has 1 unspecified atom stereocenters. The minimum atomic E-state index is 0. The Kier molecular flexibility index (Phi) is 8.99. The fourth-order valence-electron chi connectivity index (χ4n) is 3.43. The Morgan fingerprint density at radius 2 is 2.22 bits per heavy atom. The molecule has 0 bridgehead atoms. The predicted octanol–water partition coefficient (Wildman–Crippen LogP) is 2.63. The van der Waals surface area contributed by atoms with Crippen LogP contribution < -0.4 is 10.6 Å². The van der Waals surface area contributed by atoms with E-state index < -0.39 is 0 Å². The summed E-state index contributed by atoms with van der Waals surface area (Å²) in [4.78, 5) is 11.5. The van der Waals surface area contributed by atoms with E-state index in [2.05, 4.69) is 56.7 Å². The van der Waals surface area contributed by atoms with E-state index in [9.17, 15) is 0 Å². The Morgan fingerprint density at radius 3 is 2.96 bits per heavy atom. The third kappa shape index (κ3) is 6.17. The summed E-state index contributed by atoms with van der Waals surface area (Å²) in [5.41, 5.74) is 2.17. The molecule has 1 aliphatic rings. The van der Waals surface area contributed by atoms with Crippen LogP contribution >= 0.6 is 24.0 Å². The van der Waals surface area contributed by atoms with Gasteiger partial charge < -0.3 is 10.6 Å². The van der Waals surface area contributed by atoms with Gasteiger partial charge in [0.1, 0.15) is 6.33 Å². The molecule has 0 spiro atoms. The Bertz CT molecular complexity index is 702. The van der Waals surface area contributed by atoms with Crippen LogP contribution in [0.3, 0.4) is 0 Å². The summed E-state index contributed by atoms with van der Waals surface area (Å²) < 4.78 is 0. The van der Waals surface area contributed by atoms with Crippen molar-refractivity contribution in [3.8, 4) is 11.4 Å². The third-order valence-electron chi connectivity index (χ3n) is 4.79. The summed E-state index contributed by atoms with van der Waals surface area (Å²) in [7, 11) is 0. The highest BCUT2D eigenvalue weighted by Gasteiger charge is 2.22. The molecule has 2 heterocycles. The zero-order chi connectivity index (χ0) is 18.2. The Balaban J connectivity index is 0.00000261. The van der Waals surface area contributed by atoms with Crippen LogP contribution in [0.4, 0.5) is 0 Å². The van der Waals surface area contributed by atoms with Crippen molar-refractivity contribution < 1.29 is 0 Å². The lowest BCUT2D eigenvalue weighted by atomic mass is 10.1. The highest BCUT2D eigenvalue weighted by molar-refractivity contribution is 14.0. The number of aromatic nitrogens is 3. The summed E-state index contributed by atoms with van der Waals surface area (Å²) in [6, 6.07) is 8.85. The number of rotatable bonds is 7. The van der Waals surface area contributed by atoms with Crippen molar-refractivity contribution in [2.75, 3.05) is 26.2 Å². The predicted molar refractivity (Wildman–Crippen MR) is 120 cm³/mol. The Labute approximate surface area is 178 Å². The molecule has 0 aliphatic carbocycles. The Hall–Kier alpha value is -1.68. The number of hydrogen-bond donors (Lipinski definition) is 3. The zero-order valence-corrected chi connectivity index (χ0v) is 18.4. The van der Waals surface area contributed by atoms with Gasteiger partial charge >= 0.3 is 0 Å². The second-order valence-corrected chi connectivity index (χ2v) is 6.54. The van der Waals surface area contributed by atoms with Gasteiger partial charge in [-0.15, -0.1) is 24.0 Å². The molecule has 1 aromatic heterocycles. The van der Waals surface area contributed by atoms with Crippen LogP contribution in [0.15, 0.2) is 35.6 Å². The molecule has 1 atom stereocenters. The van der Waals surface area contributed by atoms with Crippen molar-refractivity contribution in [2.45, 2.75) is 39.3 Å². The van der Waals surface area contributed by atoms with Gasteiger partial charge in [0.05, 0.1) is 6.54 Å². The average molecular weight is 483 g/mol. The molecule has 27 heavy (non-hydrogen) atoms. The van der Waals surface area contributed by atoms with E-state index >= 15 is 0 Å². The summed E-state index contributed by atoms with van der Waals surface area (Å²) in [5, 5.41) is 13.7. The van der Waals surface area contributed by atoms with Gasteiger partial charge in [-0.2, -0.15) is 5.10 Å². The highest BCUT2D eigenvalue weighted by atomic mass is 127. The van der Waals surface area contributed by atoms with Crippen molar-refractivity contribution in [2.24, 2.45) is 4.99 Å². The lowest BCUT2D eigenvalue weighted by Gasteiger charge is -2.24. The second-order valence-electron chi connectivity index (χ2n) is 6.54. The van der Waals surface area contributed by atoms with Crippen LogP contribution in [0.2, 0.25) is 0 Å². The highest BCUT2D eigenvalue weighted by Crippen LogP contribution is 2.16. The molecule has 148 valence electrons. The first-order valence-corrected chi connectivity index (χ1v) is 9.51. The van der Waals surface area contributed by atoms with Gasteiger partial charge in [-0.1, -0.05) is 25.1 Å². The number of H-pyrrole nitrogens is 1. The first-order valence-electron chi connectivity index (χ1n) is 9.51. The minimum Gasteiger partial charge on any atom is -0.357 e. The smallest absolute Gasteiger partial charge is 0.191 e. The number of aliphatic imine (C=N–C) groups is 1. The van der Waals surface area contributed by atoms with E-state index in [0.717, 1.165) is 42.5 Å². The van der Waals surface area contributed by atoms with E-state index in [4.69, 9.17) is 4.99 Å². The number of nitrogens with zero attached hydrogens (tertiary/aromatic N) is 4. The van der Waals surface area contributed by atoms with Crippen LogP contribution in [-0.4, -0.2) is 58.3 Å². The van der Waals surface area contributed by atoms with Crippen LogP contribution in [0.25, 0.3) is 11.4 Å². The van der Waals surface area contributed by atoms with E-state index in [1.807, 2.05) is 12.1 Å². The molecule has 0 saturated carbocycles. The van der Waals surface area contributed by atoms with E-state index in [-0.39, 0.29) is 24.0 Å². The van der Waals surface area contributed by atoms with Crippen molar-refractivity contribution in [3.63, 3.8) is 0 Å². The first kappa shape index (κ1) is 21.6. The summed E-state index contributed by atoms with van der Waals surface area (Å²) in [6.07, 6.45) is 4.08. The average Bonchev–Trinajstić information content (AvgIpc) is 3.35. The number of nitrogens with one attached hydrogen (secondary N) is 3. The number of guanidine groups is 1. The number of likely N-dealkylation sites (N-methyl/N-ethyl adjacent to an activating group) is 1. The van der Waals surface area contributed by atoms with E-state index in [1.54, 1.807) is 0 Å². The SMILES string of the molecule is CCNC(=NCc1cccc(-c2ncn[nH]2)c1)NCC1CCCN1CC.I. The minimum absolute atomic E-state index is 0. The first-order chi connectivity index (χ1) is 12.8. The molecule has 1 aliphatic heterocycles. The maximum Gasteiger partial charge on any atom is 0.191 e. The van der Waals surface area contributed by atoms with E-state index in [1.165, 1.54) is 25.7 Å². The second kappa shape index (κ2) is 11.2. The molecular weight excluding hydrogens is 453 g/mol. The number of hydrogen-bond acceptors (Lipinski definition) is 4. The molecule has 3 rings (SSSR count). The van der Waals surface area contributed by atoms with Crippen LogP contribution in [0, 0.1) is 0 Å². The maximum atomic E-state index is 4.75. The fourth-order valence-corrected chi connectivity index (χ4v) is 3.43. The normalized spacial score (nSPS) is 17.6. The van der Waals surface area contributed by atoms with Gasteiger partial charge in [0, 0.05) is 24.7 Å². The standard InChI is InChI=1S/C19H29N7.HI/c1-3-20-19(22-13-17-9-6-10-26(17)4-2)21-12-15-7-5-8-16(11-15)18-23-14-24-25-18;/h5,7-8,11,14,17H,3-4,6,9-10,12-13H2,1-2H3,(H2,20,21,22)(H,23,24,25);1H. The van der Waals surface area contributed by atoms with Gasteiger partial charge in [0.25, 0.3) is 0 Å². The molecule has 8 heteroatoms. The molecule has 0 amide bonds. The molecule has 2 aromatic rings. The molecule has 0 radical (unpaired) electrons. The van der Waals surface area contributed by atoms with Crippen molar-refractivity contribution in [1.29, 1.82) is 0 Å². The molecule has 3 N–H and O–H groups in total. The van der Waals surface area contributed by atoms with Gasteiger partial charge in [-0.3, -0.25) is 10.00 Å². The maximum absolute atomic E-state index is 4.75. The number of aromatic amines is 1. The number of benzene rings is 1. The lowest BCUT2D eigenvalue weighted by molar-refractivity contribution is 0.267. The van der Waals surface area contributed by atoms with Crippen molar-refractivity contribution in [1.82, 2.24) is 30.7 Å². The lowest BCUT2D eigenvalue weighted by Crippen LogP contribution is -2.44. The molecular formula is C19H30IN7. The summed E-state index contributed by atoms with van der Waals surface area (Å²) in [6.45, 7) is 9.08. The van der Waals surface area contributed by atoms with Gasteiger partial charge in [-0.05, 0) is 44.5 Å².